The lowest BCUT2D eigenvalue weighted by molar-refractivity contribution is 0.699. The Morgan fingerprint density at radius 2 is 1.73 bits per heavy atom. The van der Waals surface area contributed by atoms with Gasteiger partial charge in [0.15, 0.2) is 5.82 Å². The van der Waals surface area contributed by atoms with Gasteiger partial charge in [-0.25, -0.2) is 9.66 Å². The summed E-state index contributed by atoms with van der Waals surface area (Å²) in [5.41, 5.74) is 5.00. The van der Waals surface area contributed by atoms with Crippen molar-refractivity contribution < 1.29 is 0 Å². The van der Waals surface area contributed by atoms with Crippen LogP contribution in [0.25, 0.3) is 11.4 Å². The summed E-state index contributed by atoms with van der Waals surface area (Å²) in [6, 6.07) is 15.0. The van der Waals surface area contributed by atoms with Crippen LogP contribution in [0.5, 0.6) is 0 Å². The zero-order chi connectivity index (χ0) is 15.4. The SMILES string of the molecule is C[C@@H](Nn1c(-c2ccncc2)nccc1=O)c1ccccc1. The maximum Gasteiger partial charge on any atom is 0.272 e. The summed E-state index contributed by atoms with van der Waals surface area (Å²) in [5.74, 6) is 0.567. The fourth-order valence-corrected chi connectivity index (χ4v) is 2.25. The molecule has 5 nitrogen and oxygen atoms in total. The van der Waals surface area contributed by atoms with E-state index in [9.17, 15) is 4.79 Å². The fraction of sp³-hybridized carbons (Fsp3) is 0.118. The van der Waals surface area contributed by atoms with Gasteiger partial charge in [-0.05, 0) is 24.6 Å². The summed E-state index contributed by atoms with van der Waals surface area (Å²) in [7, 11) is 0. The molecule has 0 amide bonds. The highest BCUT2D eigenvalue weighted by Gasteiger charge is 2.11. The van der Waals surface area contributed by atoms with Gasteiger partial charge in [-0.3, -0.25) is 9.78 Å². The second kappa shape index (κ2) is 6.22. The predicted molar refractivity (Wildman–Crippen MR) is 85.9 cm³/mol. The van der Waals surface area contributed by atoms with Crippen LogP contribution in [0, 0.1) is 0 Å². The molecule has 5 heteroatoms. The number of nitrogens with zero attached hydrogens (tertiary/aromatic N) is 3. The number of aromatic nitrogens is 3. The topological polar surface area (TPSA) is 59.8 Å². The molecule has 0 aliphatic rings. The highest BCUT2D eigenvalue weighted by Crippen LogP contribution is 2.16. The van der Waals surface area contributed by atoms with Crippen LogP contribution in [-0.2, 0) is 0 Å². The molecule has 0 bridgehead atoms. The normalized spacial score (nSPS) is 11.9. The van der Waals surface area contributed by atoms with E-state index in [1.165, 1.54) is 16.9 Å². The van der Waals surface area contributed by atoms with Crippen LogP contribution in [0.15, 0.2) is 71.9 Å². The lowest BCUT2D eigenvalue weighted by atomic mass is 10.1. The second-order valence-electron chi connectivity index (χ2n) is 4.94. The summed E-state index contributed by atoms with van der Waals surface area (Å²) >= 11 is 0. The van der Waals surface area contributed by atoms with Gasteiger partial charge in [0.05, 0.1) is 6.04 Å². The lowest BCUT2D eigenvalue weighted by Gasteiger charge is -2.19. The molecule has 0 unspecified atom stereocenters. The van der Waals surface area contributed by atoms with Crippen LogP contribution >= 0.6 is 0 Å². The van der Waals surface area contributed by atoms with E-state index in [2.05, 4.69) is 15.4 Å². The van der Waals surface area contributed by atoms with Gasteiger partial charge in [0.25, 0.3) is 5.56 Å². The van der Waals surface area contributed by atoms with Crippen molar-refractivity contribution in [2.75, 3.05) is 5.43 Å². The number of nitrogens with one attached hydrogen (secondary N) is 1. The number of rotatable bonds is 4. The Balaban J connectivity index is 1.99. The molecule has 0 saturated heterocycles. The molecule has 3 rings (SSSR count). The van der Waals surface area contributed by atoms with Crippen molar-refractivity contribution >= 4 is 0 Å². The third kappa shape index (κ3) is 2.88. The molecule has 1 N–H and O–H groups in total. The van der Waals surface area contributed by atoms with Gasteiger partial charge in [0.1, 0.15) is 0 Å². The molecule has 110 valence electrons. The first-order valence-corrected chi connectivity index (χ1v) is 7.05. The molecule has 3 aromatic rings. The van der Waals surface area contributed by atoms with Crippen molar-refractivity contribution in [1.29, 1.82) is 0 Å². The van der Waals surface area contributed by atoms with E-state index in [1.54, 1.807) is 12.4 Å². The minimum Gasteiger partial charge on any atom is -0.314 e. The zero-order valence-corrected chi connectivity index (χ0v) is 12.2. The lowest BCUT2D eigenvalue weighted by Crippen LogP contribution is -2.32. The van der Waals surface area contributed by atoms with E-state index < -0.39 is 0 Å². The van der Waals surface area contributed by atoms with E-state index in [1.807, 2.05) is 49.4 Å². The summed E-state index contributed by atoms with van der Waals surface area (Å²) in [6.45, 7) is 2.01. The van der Waals surface area contributed by atoms with Crippen molar-refractivity contribution in [2.24, 2.45) is 0 Å². The molecule has 0 spiro atoms. The number of pyridine rings is 1. The molecule has 0 aliphatic carbocycles. The van der Waals surface area contributed by atoms with E-state index >= 15 is 0 Å². The van der Waals surface area contributed by atoms with E-state index in [0.29, 0.717) is 5.82 Å². The van der Waals surface area contributed by atoms with E-state index in [-0.39, 0.29) is 11.6 Å². The molecule has 0 radical (unpaired) electrons. The molecular weight excluding hydrogens is 276 g/mol. The summed E-state index contributed by atoms with van der Waals surface area (Å²) in [6.07, 6.45) is 4.88. The van der Waals surface area contributed by atoms with Gasteiger partial charge in [0, 0.05) is 30.2 Å². The van der Waals surface area contributed by atoms with Crippen LogP contribution in [0.4, 0.5) is 0 Å². The number of benzene rings is 1. The highest BCUT2D eigenvalue weighted by molar-refractivity contribution is 5.54. The smallest absolute Gasteiger partial charge is 0.272 e. The third-order valence-electron chi connectivity index (χ3n) is 3.41. The van der Waals surface area contributed by atoms with Gasteiger partial charge in [-0.1, -0.05) is 30.3 Å². The maximum absolute atomic E-state index is 12.2. The number of hydrogen-bond acceptors (Lipinski definition) is 4. The average molecular weight is 292 g/mol. The van der Waals surface area contributed by atoms with Gasteiger partial charge in [0.2, 0.25) is 0 Å². The van der Waals surface area contributed by atoms with Crippen LogP contribution in [0.1, 0.15) is 18.5 Å². The van der Waals surface area contributed by atoms with Crippen LogP contribution in [-0.4, -0.2) is 14.6 Å². The number of hydrogen-bond donors (Lipinski definition) is 1. The average Bonchev–Trinajstić information content (AvgIpc) is 2.58. The summed E-state index contributed by atoms with van der Waals surface area (Å²) in [5, 5.41) is 0. The van der Waals surface area contributed by atoms with Gasteiger partial charge >= 0.3 is 0 Å². The first-order valence-electron chi connectivity index (χ1n) is 7.05. The van der Waals surface area contributed by atoms with Gasteiger partial charge < -0.3 is 5.43 Å². The molecule has 0 aliphatic heterocycles. The molecule has 2 aromatic heterocycles. The fourth-order valence-electron chi connectivity index (χ4n) is 2.25. The second-order valence-corrected chi connectivity index (χ2v) is 4.94. The Morgan fingerprint density at radius 3 is 2.45 bits per heavy atom. The molecular formula is C17H16N4O. The monoisotopic (exact) mass is 292 g/mol. The molecule has 0 saturated carbocycles. The Hall–Kier alpha value is -2.95. The molecule has 1 aromatic carbocycles. The molecule has 0 fully saturated rings. The Kier molecular flexibility index (Phi) is 3.96. The van der Waals surface area contributed by atoms with Crippen LogP contribution in [0.2, 0.25) is 0 Å². The van der Waals surface area contributed by atoms with Crippen molar-refractivity contribution in [3.8, 4) is 11.4 Å². The molecule has 2 heterocycles. The predicted octanol–water partition coefficient (Wildman–Crippen LogP) is 2.61. The van der Waals surface area contributed by atoms with Crippen molar-refractivity contribution in [3.05, 3.63) is 83.0 Å². The van der Waals surface area contributed by atoms with Crippen LogP contribution < -0.4 is 11.0 Å². The van der Waals surface area contributed by atoms with Gasteiger partial charge in [-0.15, -0.1) is 0 Å². The summed E-state index contributed by atoms with van der Waals surface area (Å²) in [4.78, 5) is 20.6. The largest absolute Gasteiger partial charge is 0.314 e. The minimum absolute atomic E-state index is 0.0244. The summed E-state index contributed by atoms with van der Waals surface area (Å²) < 4.78 is 1.48. The highest BCUT2D eigenvalue weighted by atomic mass is 16.1. The molecule has 1 atom stereocenters. The van der Waals surface area contributed by atoms with Crippen LogP contribution in [0.3, 0.4) is 0 Å². The zero-order valence-electron chi connectivity index (χ0n) is 12.2. The van der Waals surface area contributed by atoms with Gasteiger partial charge in [-0.2, -0.15) is 0 Å². The third-order valence-corrected chi connectivity index (χ3v) is 3.41. The van der Waals surface area contributed by atoms with E-state index in [4.69, 9.17) is 0 Å². The Bertz CT molecular complexity index is 800. The maximum atomic E-state index is 12.2. The quantitative estimate of drug-likeness (QED) is 0.803. The standard InChI is InChI=1S/C17H16N4O/c1-13(14-5-3-2-4-6-14)20-21-16(22)9-12-19-17(21)15-7-10-18-11-8-15/h2-13,20H,1H3/t13-/m1/s1. The van der Waals surface area contributed by atoms with E-state index in [0.717, 1.165) is 11.1 Å². The Morgan fingerprint density at radius 1 is 1.00 bits per heavy atom. The first-order chi connectivity index (χ1) is 10.8. The van der Waals surface area contributed by atoms with Crippen molar-refractivity contribution in [3.63, 3.8) is 0 Å². The first kappa shape index (κ1) is 14.0. The Labute approximate surface area is 128 Å². The molecule has 22 heavy (non-hydrogen) atoms. The van der Waals surface area contributed by atoms with Crippen molar-refractivity contribution in [1.82, 2.24) is 14.6 Å². The van der Waals surface area contributed by atoms with Crippen molar-refractivity contribution in [2.45, 2.75) is 13.0 Å². The minimum atomic E-state index is -0.149.